The Morgan fingerprint density at radius 3 is 1.74 bits per heavy atom. The van der Waals surface area contributed by atoms with Gasteiger partial charge in [-0.05, 0) is 11.1 Å². The van der Waals surface area contributed by atoms with Gasteiger partial charge < -0.3 is 0 Å². The van der Waals surface area contributed by atoms with Crippen LogP contribution in [0, 0.1) is 0 Å². The third kappa shape index (κ3) is 2.35. The van der Waals surface area contributed by atoms with E-state index in [-0.39, 0.29) is 16.4 Å². The van der Waals surface area contributed by atoms with Crippen LogP contribution in [0.4, 0.5) is 0 Å². The predicted octanol–water partition coefficient (Wildman–Crippen LogP) is -5.09. The average molecular weight is 223 g/mol. The maximum Gasteiger partial charge on any atom is 0.114 e. The van der Waals surface area contributed by atoms with Crippen molar-refractivity contribution in [2.75, 3.05) is 0 Å². The minimum Gasteiger partial charge on any atom is -0.110 e. The van der Waals surface area contributed by atoms with Crippen molar-refractivity contribution >= 4 is 93.2 Å². The second-order valence-corrected chi connectivity index (χ2v) is 4.29. The molecule has 0 unspecified atom stereocenters. The Bertz CT molecular complexity index is 664. The Morgan fingerprint density at radius 2 is 1.11 bits per heavy atom. The first-order chi connectivity index (χ1) is 8.84. The molecule has 2 aromatic carbocycles. The molecule has 0 amide bonds. The number of hydrogen-bond acceptors (Lipinski definition) is 0. The summed E-state index contributed by atoms with van der Waals surface area (Å²) >= 11 is 0. The quantitative estimate of drug-likeness (QED) is 0.424. The summed E-state index contributed by atoms with van der Waals surface area (Å²) < 4.78 is 0. The summed E-state index contributed by atoms with van der Waals surface area (Å²) in [7, 11) is 40.8. The largest absolute Gasteiger partial charge is 0.114 e. The predicted molar refractivity (Wildman–Crippen MR) is 89.6 cm³/mol. The zero-order valence-electron chi connectivity index (χ0n) is 10.3. The second kappa shape index (κ2) is 5.11. The van der Waals surface area contributed by atoms with E-state index in [0.717, 1.165) is 0 Å². The van der Waals surface area contributed by atoms with Gasteiger partial charge in [-0.2, -0.15) is 0 Å². The molecule has 0 spiro atoms. The molecule has 72 valence electrons. The molecule has 0 aliphatic carbocycles. The summed E-state index contributed by atoms with van der Waals surface area (Å²) in [6.07, 6.45) is 0. The van der Waals surface area contributed by atoms with Crippen LogP contribution in [-0.4, -0.2) is 54.9 Å². The van der Waals surface area contributed by atoms with Gasteiger partial charge in [0.2, 0.25) is 0 Å². The van der Waals surface area contributed by atoms with Crippen molar-refractivity contribution in [3.05, 3.63) is 18.2 Å². The fourth-order valence-corrected chi connectivity index (χ4v) is 1.93. The molecule has 0 aliphatic rings. The highest BCUT2D eigenvalue weighted by Gasteiger charge is 2.11. The molecular formula is C12H3B7. The van der Waals surface area contributed by atoms with Crippen LogP contribution in [0.2, 0.25) is 0 Å². The molecule has 0 aromatic heterocycles. The van der Waals surface area contributed by atoms with Gasteiger partial charge in [0.25, 0.3) is 0 Å². The van der Waals surface area contributed by atoms with Crippen LogP contribution < -0.4 is 38.2 Å². The van der Waals surface area contributed by atoms with Gasteiger partial charge in [0, 0.05) is 0 Å². The minimum absolute atomic E-state index is 0.263. The van der Waals surface area contributed by atoms with Crippen LogP contribution in [0.5, 0.6) is 0 Å². The van der Waals surface area contributed by atoms with E-state index in [1.807, 2.05) is 0 Å². The summed E-state index contributed by atoms with van der Waals surface area (Å²) in [6.45, 7) is 0. The van der Waals surface area contributed by atoms with Crippen LogP contribution in [0.1, 0.15) is 0 Å². The van der Waals surface area contributed by atoms with Crippen molar-refractivity contribution in [1.82, 2.24) is 0 Å². The normalized spacial score (nSPS) is 10.5. The molecule has 0 atom stereocenters. The topological polar surface area (TPSA) is 0 Å². The van der Waals surface area contributed by atoms with Gasteiger partial charge in [-0.25, -0.2) is 0 Å². The Morgan fingerprint density at radius 1 is 0.526 bits per heavy atom. The van der Waals surface area contributed by atoms with Crippen molar-refractivity contribution in [1.29, 1.82) is 0 Å². The highest BCUT2D eigenvalue weighted by Crippen LogP contribution is 2.08. The molecule has 0 bridgehead atoms. The highest BCUT2D eigenvalue weighted by atomic mass is 14.1. The van der Waals surface area contributed by atoms with Gasteiger partial charge in [-0.3, -0.25) is 0 Å². The van der Waals surface area contributed by atoms with E-state index >= 15 is 0 Å². The molecule has 0 nitrogen and oxygen atoms in total. The molecule has 0 aliphatic heterocycles. The molecule has 0 fully saturated rings. The van der Waals surface area contributed by atoms with Crippen LogP contribution in [0.25, 0.3) is 11.1 Å². The van der Waals surface area contributed by atoms with Crippen LogP contribution >= 0.6 is 0 Å². The van der Waals surface area contributed by atoms with Gasteiger partial charge in [0.1, 0.15) is 54.9 Å². The monoisotopic (exact) mass is 224 g/mol. The maximum atomic E-state index is 5.96. The van der Waals surface area contributed by atoms with Crippen molar-refractivity contribution in [2.45, 2.75) is 0 Å². The Kier molecular flexibility index (Phi) is 3.85. The molecule has 0 saturated heterocycles. The first-order valence-corrected chi connectivity index (χ1v) is 5.51. The molecule has 0 saturated carbocycles. The van der Waals surface area contributed by atoms with E-state index in [4.69, 9.17) is 54.9 Å². The standard InChI is InChI=1S/C12H3B7/c13-5-2-1-4(9(16)10(5)17)8-6(14)3-7(15)11(18)12(8)19/h1-3H. The maximum absolute atomic E-state index is 5.96. The van der Waals surface area contributed by atoms with E-state index in [0.29, 0.717) is 33.0 Å². The molecule has 2 aromatic rings. The zero-order chi connectivity index (χ0) is 14.3. The summed E-state index contributed by atoms with van der Waals surface area (Å²) in [6, 6.07) is 4.86. The minimum atomic E-state index is 0.263. The van der Waals surface area contributed by atoms with Crippen molar-refractivity contribution < 1.29 is 0 Å². The van der Waals surface area contributed by atoms with E-state index in [9.17, 15) is 0 Å². The lowest BCUT2D eigenvalue weighted by molar-refractivity contribution is 1.80. The summed E-state index contributed by atoms with van der Waals surface area (Å²) in [4.78, 5) is 0. The number of benzene rings is 2. The van der Waals surface area contributed by atoms with Crippen LogP contribution in [0.15, 0.2) is 18.2 Å². The second-order valence-electron chi connectivity index (χ2n) is 4.29. The lowest BCUT2D eigenvalue weighted by atomic mass is 9.63. The van der Waals surface area contributed by atoms with Crippen LogP contribution in [0.3, 0.4) is 0 Å². The molecule has 7 heteroatoms. The highest BCUT2D eigenvalue weighted by molar-refractivity contribution is 6.63. The fraction of sp³-hybridized carbons (Fsp3) is 0. The smallest absolute Gasteiger partial charge is 0.110 e. The Balaban J connectivity index is 2.80. The third-order valence-corrected chi connectivity index (χ3v) is 3.06. The van der Waals surface area contributed by atoms with Gasteiger partial charge >= 0.3 is 0 Å². The lowest BCUT2D eigenvalue weighted by Gasteiger charge is -2.21. The number of rotatable bonds is 1. The first-order valence-electron chi connectivity index (χ1n) is 5.51. The van der Waals surface area contributed by atoms with Gasteiger partial charge in [0.05, 0.1) is 0 Å². The van der Waals surface area contributed by atoms with Gasteiger partial charge in [-0.15, -0.1) is 21.9 Å². The van der Waals surface area contributed by atoms with E-state index in [2.05, 4.69) is 0 Å². The fourth-order valence-electron chi connectivity index (χ4n) is 1.93. The van der Waals surface area contributed by atoms with E-state index < -0.39 is 0 Å². The average Bonchev–Trinajstić information content (AvgIpc) is 2.36. The summed E-state index contributed by atoms with van der Waals surface area (Å²) in [5, 5.41) is 0. The Labute approximate surface area is 123 Å². The lowest BCUT2D eigenvalue weighted by Crippen LogP contribution is -2.46. The zero-order valence-corrected chi connectivity index (χ0v) is 10.3. The summed E-state index contributed by atoms with van der Waals surface area (Å²) in [5.74, 6) is 0. The molecule has 2 rings (SSSR count). The van der Waals surface area contributed by atoms with Gasteiger partial charge in [0.15, 0.2) is 0 Å². The van der Waals surface area contributed by atoms with E-state index in [1.165, 1.54) is 6.07 Å². The SMILES string of the molecule is [B]c1ccc(-c2c([B])cc([B])c([B])c2[B])c([B])c1[B]. The molecule has 0 N–H and O–H groups in total. The van der Waals surface area contributed by atoms with Crippen molar-refractivity contribution in [3.8, 4) is 11.1 Å². The first kappa shape index (κ1) is 14.3. The van der Waals surface area contributed by atoms with Gasteiger partial charge in [-0.1, -0.05) is 34.6 Å². The molecule has 14 radical (unpaired) electrons. The van der Waals surface area contributed by atoms with Crippen molar-refractivity contribution in [2.24, 2.45) is 0 Å². The molecular weight excluding hydrogens is 220 g/mol. The third-order valence-electron chi connectivity index (χ3n) is 3.06. The van der Waals surface area contributed by atoms with E-state index in [1.54, 1.807) is 12.1 Å². The van der Waals surface area contributed by atoms with Crippen molar-refractivity contribution in [3.63, 3.8) is 0 Å². The summed E-state index contributed by atoms with van der Waals surface area (Å²) in [5.41, 5.74) is 3.30. The Hall–Kier alpha value is -1.11. The molecule has 0 heterocycles. The van der Waals surface area contributed by atoms with Crippen LogP contribution in [-0.2, 0) is 0 Å². The molecule has 19 heavy (non-hydrogen) atoms. The number of hydrogen-bond donors (Lipinski definition) is 0.